The standard InChI is InChI=1S/C11H21NO4S/c1-12-11(13)5-3-2-4-8-17(14,15)10-6-7-16-9-10/h10H,2-9H2,1H3,(H,12,13). The van der Waals surface area contributed by atoms with Crippen LogP contribution in [0.4, 0.5) is 0 Å². The number of nitrogens with one attached hydrogen (secondary N) is 1. The molecule has 1 heterocycles. The summed E-state index contributed by atoms with van der Waals surface area (Å²) in [5, 5.41) is 2.24. The van der Waals surface area contributed by atoms with Gasteiger partial charge in [-0.05, 0) is 19.3 Å². The number of amides is 1. The lowest BCUT2D eigenvalue weighted by molar-refractivity contribution is -0.120. The Hall–Kier alpha value is -0.620. The molecule has 1 unspecified atom stereocenters. The summed E-state index contributed by atoms with van der Waals surface area (Å²) in [4.78, 5) is 10.9. The second kappa shape index (κ2) is 6.96. The highest BCUT2D eigenvalue weighted by Crippen LogP contribution is 2.16. The summed E-state index contributed by atoms with van der Waals surface area (Å²) in [5.74, 6) is 0.228. The second-order valence-corrected chi connectivity index (χ2v) is 6.74. The van der Waals surface area contributed by atoms with Crippen LogP contribution in [-0.2, 0) is 19.4 Å². The van der Waals surface area contributed by atoms with Crippen molar-refractivity contribution in [2.75, 3.05) is 26.0 Å². The largest absolute Gasteiger partial charge is 0.380 e. The maximum atomic E-state index is 11.8. The van der Waals surface area contributed by atoms with Crippen molar-refractivity contribution < 1.29 is 17.9 Å². The molecule has 1 N–H and O–H groups in total. The van der Waals surface area contributed by atoms with Crippen LogP contribution in [0.1, 0.15) is 32.1 Å². The number of sulfone groups is 1. The van der Waals surface area contributed by atoms with Gasteiger partial charge in [-0.2, -0.15) is 0 Å². The summed E-state index contributed by atoms with van der Waals surface area (Å²) < 4.78 is 28.7. The molecule has 6 heteroatoms. The molecule has 0 aromatic heterocycles. The topological polar surface area (TPSA) is 72.5 Å². The van der Waals surface area contributed by atoms with Gasteiger partial charge in [0.1, 0.15) is 0 Å². The summed E-state index contributed by atoms with van der Waals surface area (Å²) in [5.41, 5.74) is 0. The lowest BCUT2D eigenvalue weighted by Gasteiger charge is -2.09. The predicted molar refractivity (Wildman–Crippen MR) is 65.5 cm³/mol. The molecule has 1 saturated heterocycles. The molecule has 0 aromatic carbocycles. The van der Waals surface area contributed by atoms with Gasteiger partial charge in [-0.15, -0.1) is 0 Å². The third-order valence-electron chi connectivity index (χ3n) is 3.01. The zero-order chi connectivity index (χ0) is 12.7. The van der Waals surface area contributed by atoms with Crippen LogP contribution in [0.5, 0.6) is 0 Å². The van der Waals surface area contributed by atoms with E-state index < -0.39 is 9.84 Å². The van der Waals surface area contributed by atoms with E-state index in [2.05, 4.69) is 5.32 Å². The lowest BCUT2D eigenvalue weighted by Crippen LogP contribution is -2.24. The average Bonchev–Trinajstić information content (AvgIpc) is 2.82. The van der Waals surface area contributed by atoms with E-state index in [1.165, 1.54) is 0 Å². The number of hydrogen-bond acceptors (Lipinski definition) is 4. The smallest absolute Gasteiger partial charge is 0.219 e. The molecule has 1 atom stereocenters. The van der Waals surface area contributed by atoms with E-state index in [1.807, 2.05) is 0 Å². The van der Waals surface area contributed by atoms with Gasteiger partial charge >= 0.3 is 0 Å². The molecular weight excluding hydrogens is 242 g/mol. The summed E-state index contributed by atoms with van der Waals surface area (Å²) in [6.07, 6.45) is 3.26. The minimum absolute atomic E-state index is 0.0112. The Kier molecular flexibility index (Phi) is 5.91. The Morgan fingerprint density at radius 3 is 2.71 bits per heavy atom. The van der Waals surface area contributed by atoms with E-state index in [4.69, 9.17) is 4.74 Å². The lowest BCUT2D eigenvalue weighted by atomic mass is 10.2. The Balaban J connectivity index is 2.15. The SMILES string of the molecule is CNC(=O)CCCCCS(=O)(=O)C1CCOC1. The fourth-order valence-corrected chi connectivity index (χ4v) is 3.55. The van der Waals surface area contributed by atoms with Gasteiger partial charge in [-0.3, -0.25) is 4.79 Å². The number of unbranched alkanes of at least 4 members (excludes halogenated alkanes) is 2. The first kappa shape index (κ1) is 14.4. The van der Waals surface area contributed by atoms with Gasteiger partial charge in [0.2, 0.25) is 5.91 Å². The Morgan fingerprint density at radius 2 is 2.12 bits per heavy atom. The van der Waals surface area contributed by atoms with Crippen molar-refractivity contribution in [2.24, 2.45) is 0 Å². The van der Waals surface area contributed by atoms with Crippen LogP contribution in [0.3, 0.4) is 0 Å². The van der Waals surface area contributed by atoms with Gasteiger partial charge in [-0.25, -0.2) is 8.42 Å². The first-order valence-corrected chi connectivity index (χ1v) is 7.77. The van der Waals surface area contributed by atoms with Gasteiger partial charge < -0.3 is 10.1 Å². The fourth-order valence-electron chi connectivity index (χ4n) is 1.85. The predicted octanol–water partition coefficient (Wildman–Crippen LogP) is 0.497. The van der Waals surface area contributed by atoms with E-state index in [1.54, 1.807) is 7.05 Å². The maximum absolute atomic E-state index is 11.8. The average molecular weight is 263 g/mol. The van der Waals surface area contributed by atoms with Crippen molar-refractivity contribution in [3.63, 3.8) is 0 Å². The van der Waals surface area contributed by atoms with Crippen LogP contribution >= 0.6 is 0 Å². The van der Waals surface area contributed by atoms with Crippen LogP contribution in [0.2, 0.25) is 0 Å². The Morgan fingerprint density at radius 1 is 1.35 bits per heavy atom. The van der Waals surface area contributed by atoms with Gasteiger partial charge in [0.25, 0.3) is 0 Å². The van der Waals surface area contributed by atoms with Gasteiger partial charge in [0, 0.05) is 20.1 Å². The van der Waals surface area contributed by atoms with Crippen LogP contribution in [0.25, 0.3) is 0 Å². The van der Waals surface area contributed by atoms with E-state index >= 15 is 0 Å². The van der Waals surface area contributed by atoms with E-state index in [0.717, 1.165) is 12.8 Å². The van der Waals surface area contributed by atoms with Gasteiger partial charge in [-0.1, -0.05) is 6.42 Å². The number of carbonyl (C=O) groups is 1. The zero-order valence-electron chi connectivity index (χ0n) is 10.3. The molecular formula is C11H21NO4S. The molecule has 1 rings (SSSR count). The minimum atomic E-state index is -2.99. The summed E-state index contributed by atoms with van der Waals surface area (Å²) in [6, 6.07) is 0. The monoisotopic (exact) mass is 263 g/mol. The normalized spacial score (nSPS) is 20.4. The van der Waals surface area contributed by atoms with Crippen LogP contribution < -0.4 is 5.32 Å². The molecule has 1 aliphatic rings. The fraction of sp³-hybridized carbons (Fsp3) is 0.909. The van der Waals surface area contributed by atoms with E-state index in [-0.39, 0.29) is 16.9 Å². The highest BCUT2D eigenvalue weighted by molar-refractivity contribution is 7.92. The summed E-state index contributed by atoms with van der Waals surface area (Å²) in [6.45, 7) is 0.904. The molecule has 1 amide bonds. The molecule has 0 bridgehead atoms. The molecule has 17 heavy (non-hydrogen) atoms. The molecule has 1 fully saturated rings. The third-order valence-corrected chi connectivity index (χ3v) is 5.25. The second-order valence-electron chi connectivity index (χ2n) is 4.34. The summed E-state index contributed by atoms with van der Waals surface area (Å²) in [7, 11) is -1.39. The maximum Gasteiger partial charge on any atom is 0.219 e. The summed E-state index contributed by atoms with van der Waals surface area (Å²) >= 11 is 0. The number of ether oxygens (including phenoxy) is 1. The quantitative estimate of drug-likeness (QED) is 0.679. The molecule has 5 nitrogen and oxygen atoms in total. The molecule has 0 spiro atoms. The molecule has 0 aliphatic carbocycles. The van der Waals surface area contributed by atoms with Crippen molar-refractivity contribution >= 4 is 15.7 Å². The Bertz CT molecular complexity index is 333. The molecule has 0 radical (unpaired) electrons. The molecule has 0 saturated carbocycles. The molecule has 1 aliphatic heterocycles. The first-order chi connectivity index (χ1) is 8.06. The minimum Gasteiger partial charge on any atom is -0.380 e. The number of rotatable bonds is 7. The van der Waals surface area contributed by atoms with Gasteiger partial charge in [0.15, 0.2) is 9.84 Å². The van der Waals surface area contributed by atoms with Crippen LogP contribution in [0.15, 0.2) is 0 Å². The van der Waals surface area contributed by atoms with E-state index in [9.17, 15) is 13.2 Å². The molecule has 0 aromatic rings. The van der Waals surface area contributed by atoms with Crippen molar-refractivity contribution in [1.82, 2.24) is 5.32 Å². The first-order valence-electron chi connectivity index (χ1n) is 6.06. The van der Waals surface area contributed by atoms with E-state index in [0.29, 0.717) is 32.5 Å². The highest BCUT2D eigenvalue weighted by Gasteiger charge is 2.28. The Labute approximate surface area is 103 Å². The van der Waals surface area contributed by atoms with Gasteiger partial charge in [0.05, 0.1) is 17.6 Å². The van der Waals surface area contributed by atoms with Crippen molar-refractivity contribution in [3.8, 4) is 0 Å². The molecule has 100 valence electrons. The van der Waals surface area contributed by atoms with Crippen molar-refractivity contribution in [2.45, 2.75) is 37.4 Å². The third kappa shape index (κ3) is 5.04. The van der Waals surface area contributed by atoms with Crippen LogP contribution in [-0.4, -0.2) is 45.6 Å². The number of hydrogen-bond donors (Lipinski definition) is 1. The zero-order valence-corrected chi connectivity index (χ0v) is 11.1. The highest BCUT2D eigenvalue weighted by atomic mass is 32.2. The van der Waals surface area contributed by atoms with Crippen LogP contribution in [0, 0.1) is 0 Å². The van der Waals surface area contributed by atoms with Crippen molar-refractivity contribution in [3.05, 3.63) is 0 Å². The van der Waals surface area contributed by atoms with Crippen molar-refractivity contribution in [1.29, 1.82) is 0 Å². The number of carbonyl (C=O) groups excluding carboxylic acids is 1.